The van der Waals surface area contributed by atoms with Crippen molar-refractivity contribution in [3.63, 3.8) is 0 Å². The van der Waals surface area contributed by atoms with Gasteiger partial charge in [-0.15, -0.1) is 0 Å². The Balaban J connectivity index is 2.17. The number of methoxy groups -OCH3 is 2. The van der Waals surface area contributed by atoms with Crippen LogP contribution >= 0.6 is 0 Å². The fraction of sp³-hybridized carbons (Fsp3) is 0.111. The lowest BCUT2D eigenvalue weighted by Crippen LogP contribution is -2.13. The van der Waals surface area contributed by atoms with E-state index in [1.54, 1.807) is 62.8 Å². The molecule has 5 heteroatoms. The van der Waals surface area contributed by atoms with Crippen molar-refractivity contribution in [2.75, 3.05) is 19.5 Å². The van der Waals surface area contributed by atoms with Crippen LogP contribution in [0.5, 0.6) is 11.5 Å². The van der Waals surface area contributed by atoms with Crippen molar-refractivity contribution in [3.05, 3.63) is 59.7 Å². The fourth-order valence-electron chi connectivity index (χ4n) is 1.91. The van der Waals surface area contributed by atoms with Crippen LogP contribution in [-0.4, -0.2) is 20.1 Å². The largest absolute Gasteiger partial charge is 0.497 e. The highest BCUT2D eigenvalue weighted by Gasteiger charge is 2.10. The number of benzene rings is 2. The average Bonchev–Trinajstić information content (AvgIpc) is 2.60. The summed E-state index contributed by atoms with van der Waals surface area (Å²) in [5.41, 5.74) is 1.31. The van der Waals surface area contributed by atoms with E-state index < -0.39 is 5.91 Å². The van der Waals surface area contributed by atoms with Gasteiger partial charge in [-0.3, -0.25) is 4.79 Å². The normalized spacial score (nSPS) is 10.6. The van der Waals surface area contributed by atoms with Gasteiger partial charge in [-0.25, -0.2) is 0 Å². The molecular weight excluding hydrogens is 292 g/mol. The van der Waals surface area contributed by atoms with Crippen molar-refractivity contribution in [1.82, 2.24) is 0 Å². The highest BCUT2D eigenvalue weighted by Crippen LogP contribution is 2.18. The van der Waals surface area contributed by atoms with Crippen LogP contribution in [0.15, 0.2) is 54.1 Å². The quantitative estimate of drug-likeness (QED) is 0.680. The minimum Gasteiger partial charge on any atom is -0.497 e. The summed E-state index contributed by atoms with van der Waals surface area (Å²) >= 11 is 0. The molecule has 1 amide bonds. The summed E-state index contributed by atoms with van der Waals surface area (Å²) in [5.74, 6) is 0.860. The van der Waals surface area contributed by atoms with E-state index in [-0.39, 0.29) is 5.57 Å². The predicted octanol–water partition coefficient (Wildman–Crippen LogP) is 3.25. The standard InChI is InChI=1S/C18H16N2O3/c1-22-16-8-6-13(7-9-16)10-14(12-19)18(21)20-15-4-3-5-17(11-15)23-2/h3-11H,1-2H3,(H,20,21). The molecule has 0 heterocycles. The number of hydrogen-bond acceptors (Lipinski definition) is 4. The van der Waals surface area contributed by atoms with Crippen LogP contribution in [0.3, 0.4) is 0 Å². The average molecular weight is 308 g/mol. The molecule has 23 heavy (non-hydrogen) atoms. The first kappa shape index (κ1) is 16.1. The van der Waals surface area contributed by atoms with Gasteiger partial charge >= 0.3 is 0 Å². The molecule has 0 atom stereocenters. The lowest BCUT2D eigenvalue weighted by atomic mass is 10.1. The Morgan fingerprint density at radius 1 is 1.09 bits per heavy atom. The number of amides is 1. The molecule has 0 aliphatic rings. The van der Waals surface area contributed by atoms with Gasteiger partial charge in [-0.2, -0.15) is 5.26 Å². The summed E-state index contributed by atoms with van der Waals surface area (Å²) in [4.78, 5) is 12.2. The molecule has 0 saturated carbocycles. The molecule has 0 aliphatic carbocycles. The number of hydrogen-bond donors (Lipinski definition) is 1. The van der Waals surface area contributed by atoms with Gasteiger partial charge < -0.3 is 14.8 Å². The first-order valence-corrected chi connectivity index (χ1v) is 6.87. The second-order valence-corrected chi connectivity index (χ2v) is 4.63. The van der Waals surface area contributed by atoms with Crippen LogP contribution in [0.1, 0.15) is 5.56 Å². The Morgan fingerprint density at radius 3 is 2.39 bits per heavy atom. The zero-order valence-corrected chi connectivity index (χ0v) is 12.9. The van der Waals surface area contributed by atoms with E-state index in [2.05, 4.69) is 5.32 Å². The highest BCUT2D eigenvalue weighted by molar-refractivity contribution is 6.09. The Labute approximate surface area is 134 Å². The molecule has 0 radical (unpaired) electrons. The second-order valence-electron chi connectivity index (χ2n) is 4.63. The molecule has 0 fully saturated rings. The first-order chi connectivity index (χ1) is 11.2. The molecule has 2 aromatic carbocycles. The molecule has 1 N–H and O–H groups in total. The van der Waals surface area contributed by atoms with E-state index in [4.69, 9.17) is 9.47 Å². The molecule has 2 rings (SSSR count). The molecule has 0 unspecified atom stereocenters. The van der Waals surface area contributed by atoms with Crippen molar-refractivity contribution < 1.29 is 14.3 Å². The minimum absolute atomic E-state index is 0.0120. The number of nitrogens with zero attached hydrogens (tertiary/aromatic N) is 1. The third kappa shape index (κ3) is 4.35. The maximum atomic E-state index is 12.2. The Bertz CT molecular complexity index is 759. The second kappa shape index (κ2) is 7.66. The Hall–Kier alpha value is -3.26. The molecule has 2 aromatic rings. The zero-order chi connectivity index (χ0) is 16.7. The maximum absolute atomic E-state index is 12.2. The topological polar surface area (TPSA) is 71.3 Å². The smallest absolute Gasteiger partial charge is 0.266 e. The van der Waals surface area contributed by atoms with Gasteiger partial charge in [0.2, 0.25) is 0 Å². The number of carbonyl (C=O) groups is 1. The Kier molecular flexibility index (Phi) is 5.37. The van der Waals surface area contributed by atoms with Crippen LogP contribution in [-0.2, 0) is 4.79 Å². The summed E-state index contributed by atoms with van der Waals surface area (Å²) in [6.45, 7) is 0. The Morgan fingerprint density at radius 2 is 1.78 bits per heavy atom. The van der Waals surface area contributed by atoms with Gasteiger partial charge in [0, 0.05) is 11.8 Å². The van der Waals surface area contributed by atoms with Crippen LogP contribution in [0, 0.1) is 11.3 Å². The van der Waals surface area contributed by atoms with Gasteiger partial charge in [0.15, 0.2) is 0 Å². The number of anilines is 1. The van der Waals surface area contributed by atoms with Crippen molar-refractivity contribution in [2.45, 2.75) is 0 Å². The van der Waals surface area contributed by atoms with Crippen molar-refractivity contribution in [2.24, 2.45) is 0 Å². The van der Waals surface area contributed by atoms with Gasteiger partial charge in [0.1, 0.15) is 23.1 Å². The van der Waals surface area contributed by atoms with Crippen LogP contribution in [0.2, 0.25) is 0 Å². The minimum atomic E-state index is -0.475. The molecule has 0 saturated heterocycles. The van der Waals surface area contributed by atoms with Crippen molar-refractivity contribution in [1.29, 1.82) is 5.26 Å². The van der Waals surface area contributed by atoms with E-state index in [0.29, 0.717) is 17.2 Å². The third-order valence-corrected chi connectivity index (χ3v) is 3.12. The first-order valence-electron chi connectivity index (χ1n) is 6.87. The molecule has 116 valence electrons. The number of nitrogens with one attached hydrogen (secondary N) is 1. The predicted molar refractivity (Wildman–Crippen MR) is 88.2 cm³/mol. The summed E-state index contributed by atoms with van der Waals surface area (Å²) in [7, 11) is 3.12. The van der Waals surface area contributed by atoms with Gasteiger partial charge in [-0.1, -0.05) is 18.2 Å². The molecule has 0 spiro atoms. The van der Waals surface area contributed by atoms with Gasteiger partial charge in [0.25, 0.3) is 5.91 Å². The molecule has 0 aliphatic heterocycles. The van der Waals surface area contributed by atoms with Gasteiger partial charge in [0.05, 0.1) is 14.2 Å². The summed E-state index contributed by atoms with van der Waals surface area (Å²) in [6.07, 6.45) is 1.52. The molecule has 0 bridgehead atoms. The van der Waals surface area contributed by atoms with E-state index in [0.717, 1.165) is 5.56 Å². The van der Waals surface area contributed by atoms with Gasteiger partial charge in [-0.05, 0) is 35.9 Å². The number of ether oxygens (including phenoxy) is 2. The summed E-state index contributed by atoms with van der Waals surface area (Å²) in [5, 5.41) is 11.9. The maximum Gasteiger partial charge on any atom is 0.266 e. The van der Waals surface area contributed by atoms with E-state index in [1.807, 2.05) is 6.07 Å². The molecule has 0 aromatic heterocycles. The lowest BCUT2D eigenvalue weighted by Gasteiger charge is -2.06. The fourth-order valence-corrected chi connectivity index (χ4v) is 1.91. The van der Waals surface area contributed by atoms with E-state index in [9.17, 15) is 10.1 Å². The number of rotatable bonds is 5. The van der Waals surface area contributed by atoms with E-state index >= 15 is 0 Å². The summed E-state index contributed by atoms with van der Waals surface area (Å²) < 4.78 is 10.2. The monoisotopic (exact) mass is 308 g/mol. The SMILES string of the molecule is COc1ccc(C=C(C#N)C(=O)Nc2cccc(OC)c2)cc1. The van der Waals surface area contributed by atoms with Crippen LogP contribution in [0.25, 0.3) is 6.08 Å². The van der Waals surface area contributed by atoms with Crippen molar-refractivity contribution in [3.8, 4) is 17.6 Å². The van der Waals surface area contributed by atoms with Crippen molar-refractivity contribution >= 4 is 17.7 Å². The zero-order valence-electron chi connectivity index (χ0n) is 12.9. The third-order valence-electron chi connectivity index (χ3n) is 3.12. The van der Waals surface area contributed by atoms with E-state index in [1.165, 1.54) is 6.08 Å². The number of carbonyl (C=O) groups excluding carboxylic acids is 1. The highest BCUT2D eigenvalue weighted by atomic mass is 16.5. The summed E-state index contributed by atoms with van der Waals surface area (Å²) in [6, 6.07) is 15.9. The molecular formula is C18H16N2O3. The van der Waals surface area contributed by atoms with Crippen LogP contribution in [0.4, 0.5) is 5.69 Å². The lowest BCUT2D eigenvalue weighted by molar-refractivity contribution is -0.112. The molecule has 5 nitrogen and oxygen atoms in total. The number of nitriles is 1. The van der Waals surface area contributed by atoms with Crippen LogP contribution < -0.4 is 14.8 Å².